The fourth-order valence-electron chi connectivity index (χ4n) is 1.42. The molecule has 0 radical (unpaired) electrons. The number of carbonyl (C=O) groups is 2. The summed E-state index contributed by atoms with van der Waals surface area (Å²) >= 11 is 1.11. The molecule has 0 aromatic carbocycles. The van der Waals surface area contributed by atoms with E-state index in [2.05, 4.69) is 10.2 Å². The van der Waals surface area contributed by atoms with Crippen LogP contribution in [-0.2, 0) is 9.59 Å². The first kappa shape index (κ1) is 9.84. The van der Waals surface area contributed by atoms with Crippen molar-refractivity contribution in [2.75, 3.05) is 17.2 Å². The van der Waals surface area contributed by atoms with Crippen LogP contribution >= 0.6 is 11.3 Å². The number of hydrogen-bond acceptors (Lipinski definition) is 6. The Labute approximate surface area is 89.1 Å². The molecular formula is C7H9N5O2S. The minimum absolute atomic E-state index is 0.134. The lowest BCUT2D eigenvalue weighted by Gasteiger charge is -2.10. The van der Waals surface area contributed by atoms with Crippen LogP contribution in [-0.4, -0.2) is 28.6 Å². The zero-order valence-corrected chi connectivity index (χ0v) is 8.53. The molecule has 7 nitrogen and oxygen atoms in total. The zero-order valence-electron chi connectivity index (χ0n) is 7.71. The van der Waals surface area contributed by atoms with Crippen LogP contribution in [0.15, 0.2) is 0 Å². The van der Waals surface area contributed by atoms with Crippen LogP contribution in [0.2, 0.25) is 0 Å². The number of aromatic nitrogens is 2. The summed E-state index contributed by atoms with van der Waals surface area (Å²) in [4.78, 5) is 23.8. The van der Waals surface area contributed by atoms with Gasteiger partial charge in [0, 0.05) is 13.0 Å². The van der Waals surface area contributed by atoms with E-state index in [0.29, 0.717) is 10.3 Å². The smallest absolute Gasteiger partial charge is 0.229 e. The number of rotatable bonds is 2. The van der Waals surface area contributed by atoms with Crippen LogP contribution in [0.4, 0.5) is 10.3 Å². The minimum Gasteiger partial charge on any atom is -0.374 e. The summed E-state index contributed by atoms with van der Waals surface area (Å²) < 4.78 is 0. The molecule has 0 spiro atoms. The van der Waals surface area contributed by atoms with E-state index in [-0.39, 0.29) is 18.9 Å². The molecule has 2 rings (SSSR count). The average molecular weight is 227 g/mol. The first-order chi connectivity index (χ1) is 7.08. The second kappa shape index (κ2) is 3.46. The maximum atomic E-state index is 11.5. The fourth-order valence-corrected chi connectivity index (χ4v) is 2.06. The maximum Gasteiger partial charge on any atom is 0.229 e. The molecule has 2 amide bonds. The van der Waals surface area contributed by atoms with Crippen molar-refractivity contribution in [2.45, 2.75) is 6.42 Å². The van der Waals surface area contributed by atoms with Crippen LogP contribution in [0, 0.1) is 5.92 Å². The Morgan fingerprint density at radius 3 is 2.73 bits per heavy atom. The van der Waals surface area contributed by atoms with Crippen molar-refractivity contribution in [3.05, 3.63) is 0 Å². The third kappa shape index (κ3) is 1.75. The number of nitrogens with two attached hydrogens (primary N) is 2. The molecule has 8 heteroatoms. The van der Waals surface area contributed by atoms with Gasteiger partial charge in [0.1, 0.15) is 0 Å². The summed E-state index contributed by atoms with van der Waals surface area (Å²) in [5, 5.41) is 8.05. The number of carbonyl (C=O) groups excluding carboxylic acids is 2. The third-order valence-corrected chi connectivity index (χ3v) is 2.96. The molecule has 0 saturated carbocycles. The van der Waals surface area contributed by atoms with Crippen LogP contribution in [0.1, 0.15) is 6.42 Å². The normalized spacial score (nSPS) is 20.9. The predicted molar refractivity (Wildman–Crippen MR) is 54.0 cm³/mol. The topological polar surface area (TPSA) is 115 Å². The van der Waals surface area contributed by atoms with Gasteiger partial charge in [-0.1, -0.05) is 11.3 Å². The van der Waals surface area contributed by atoms with Crippen molar-refractivity contribution in [1.82, 2.24) is 10.2 Å². The van der Waals surface area contributed by atoms with Gasteiger partial charge in [-0.05, 0) is 0 Å². The standard InChI is InChI=1S/C7H9N5O2S/c8-5(14)3-1-4(13)12(2-3)7-11-10-6(9)15-7/h3H,1-2H2,(H2,8,14)(H2,9,10). The molecule has 2 heterocycles. The van der Waals surface area contributed by atoms with Gasteiger partial charge in [-0.2, -0.15) is 0 Å². The minimum atomic E-state index is -0.469. The van der Waals surface area contributed by atoms with Crippen LogP contribution in [0.25, 0.3) is 0 Å². The van der Waals surface area contributed by atoms with Crippen molar-refractivity contribution in [3.63, 3.8) is 0 Å². The van der Waals surface area contributed by atoms with Gasteiger partial charge in [0.25, 0.3) is 0 Å². The quantitative estimate of drug-likeness (QED) is 0.669. The molecule has 1 aromatic rings. The van der Waals surface area contributed by atoms with Crippen molar-refractivity contribution >= 4 is 33.4 Å². The predicted octanol–water partition coefficient (Wildman–Crippen LogP) is -1.04. The lowest BCUT2D eigenvalue weighted by atomic mass is 10.1. The van der Waals surface area contributed by atoms with E-state index in [0.717, 1.165) is 11.3 Å². The number of nitrogens with zero attached hydrogens (tertiary/aromatic N) is 3. The third-order valence-electron chi connectivity index (χ3n) is 2.19. The van der Waals surface area contributed by atoms with Gasteiger partial charge in [0.2, 0.25) is 22.1 Å². The number of anilines is 2. The van der Waals surface area contributed by atoms with Gasteiger partial charge < -0.3 is 11.5 Å². The summed E-state index contributed by atoms with van der Waals surface area (Å²) in [7, 11) is 0. The van der Waals surface area contributed by atoms with E-state index in [4.69, 9.17) is 11.5 Å². The molecule has 0 bridgehead atoms. The van der Waals surface area contributed by atoms with Gasteiger partial charge in [-0.25, -0.2) is 0 Å². The van der Waals surface area contributed by atoms with Gasteiger partial charge in [-0.3, -0.25) is 14.5 Å². The molecule has 15 heavy (non-hydrogen) atoms. The van der Waals surface area contributed by atoms with E-state index in [1.54, 1.807) is 0 Å². The van der Waals surface area contributed by atoms with Crippen LogP contribution in [0.5, 0.6) is 0 Å². The fraction of sp³-hybridized carbons (Fsp3) is 0.429. The SMILES string of the molecule is NC(=O)C1CC(=O)N(c2nnc(N)s2)C1. The Kier molecular flexibility index (Phi) is 2.27. The monoisotopic (exact) mass is 227 g/mol. The van der Waals surface area contributed by atoms with Crippen molar-refractivity contribution < 1.29 is 9.59 Å². The second-order valence-electron chi connectivity index (χ2n) is 3.23. The molecule has 1 aromatic heterocycles. The van der Waals surface area contributed by atoms with E-state index < -0.39 is 11.8 Å². The lowest BCUT2D eigenvalue weighted by molar-refractivity contribution is -0.123. The zero-order chi connectivity index (χ0) is 11.0. The van der Waals surface area contributed by atoms with Crippen molar-refractivity contribution in [3.8, 4) is 0 Å². The highest BCUT2D eigenvalue weighted by atomic mass is 32.1. The summed E-state index contributed by atoms with van der Waals surface area (Å²) in [6, 6.07) is 0. The van der Waals surface area contributed by atoms with Crippen LogP contribution < -0.4 is 16.4 Å². The van der Waals surface area contributed by atoms with E-state index in [9.17, 15) is 9.59 Å². The number of hydrogen-bond donors (Lipinski definition) is 2. The summed E-state index contributed by atoms with van der Waals surface area (Å²) in [6.45, 7) is 0.267. The maximum absolute atomic E-state index is 11.5. The molecule has 1 aliphatic heterocycles. The molecule has 1 aliphatic rings. The Hall–Kier alpha value is -1.70. The summed E-state index contributed by atoms with van der Waals surface area (Å²) in [5.41, 5.74) is 10.5. The molecule has 4 N–H and O–H groups in total. The Morgan fingerprint density at radius 2 is 2.27 bits per heavy atom. The average Bonchev–Trinajstić information content (AvgIpc) is 2.71. The van der Waals surface area contributed by atoms with E-state index in [1.807, 2.05) is 0 Å². The van der Waals surface area contributed by atoms with E-state index in [1.165, 1.54) is 4.90 Å². The highest BCUT2D eigenvalue weighted by Gasteiger charge is 2.35. The number of nitrogen functional groups attached to an aromatic ring is 1. The molecule has 1 fully saturated rings. The van der Waals surface area contributed by atoms with Crippen molar-refractivity contribution in [1.29, 1.82) is 0 Å². The number of primary amides is 1. The highest BCUT2D eigenvalue weighted by molar-refractivity contribution is 7.19. The molecule has 1 saturated heterocycles. The summed E-state index contributed by atoms with van der Waals surface area (Å²) in [6.07, 6.45) is 0.134. The van der Waals surface area contributed by atoms with Gasteiger partial charge in [0.05, 0.1) is 5.92 Å². The van der Waals surface area contributed by atoms with Gasteiger partial charge in [0.15, 0.2) is 0 Å². The molecular weight excluding hydrogens is 218 g/mol. The van der Waals surface area contributed by atoms with E-state index >= 15 is 0 Å². The molecule has 80 valence electrons. The highest BCUT2D eigenvalue weighted by Crippen LogP contribution is 2.28. The van der Waals surface area contributed by atoms with Gasteiger partial charge >= 0.3 is 0 Å². The van der Waals surface area contributed by atoms with Gasteiger partial charge in [-0.15, -0.1) is 10.2 Å². The Balaban J connectivity index is 2.18. The lowest BCUT2D eigenvalue weighted by Crippen LogP contribution is -2.28. The largest absolute Gasteiger partial charge is 0.374 e. The Bertz CT molecular complexity index is 417. The first-order valence-electron chi connectivity index (χ1n) is 4.26. The second-order valence-corrected chi connectivity index (χ2v) is 4.22. The van der Waals surface area contributed by atoms with Crippen LogP contribution in [0.3, 0.4) is 0 Å². The molecule has 1 atom stereocenters. The summed E-state index contributed by atoms with van der Waals surface area (Å²) in [5.74, 6) is -1.08. The van der Waals surface area contributed by atoms with Crippen molar-refractivity contribution in [2.24, 2.45) is 11.7 Å². The molecule has 1 unspecified atom stereocenters. The molecule has 0 aliphatic carbocycles. The Morgan fingerprint density at radius 1 is 1.53 bits per heavy atom. The number of amides is 2. The first-order valence-corrected chi connectivity index (χ1v) is 5.08.